The molecule has 2 aromatic rings. The molecule has 18 heavy (non-hydrogen) atoms. The number of aryl methyl sites for hydroxylation is 1. The highest BCUT2D eigenvalue weighted by Gasteiger charge is 2.17. The molecule has 0 aromatic carbocycles. The number of likely N-dealkylation sites (tertiary alicyclic amines) is 1. The number of aromatic nitrogens is 4. The molecule has 1 N–H and O–H groups in total. The van der Waals surface area contributed by atoms with E-state index in [2.05, 4.69) is 32.3 Å². The summed E-state index contributed by atoms with van der Waals surface area (Å²) in [5.41, 5.74) is 0.964. The first-order valence-electron chi connectivity index (χ1n) is 6.35. The number of anilines is 1. The van der Waals surface area contributed by atoms with E-state index < -0.39 is 0 Å². The van der Waals surface area contributed by atoms with Crippen LogP contribution < -0.4 is 5.32 Å². The van der Waals surface area contributed by atoms with Gasteiger partial charge in [0.15, 0.2) is 0 Å². The molecule has 0 radical (unpaired) electrons. The highest BCUT2D eigenvalue weighted by Crippen LogP contribution is 2.16. The third-order valence-electron chi connectivity index (χ3n) is 3.45. The Balaban J connectivity index is 1.83. The van der Waals surface area contributed by atoms with Crippen LogP contribution in [0.25, 0.3) is 5.78 Å². The van der Waals surface area contributed by atoms with E-state index in [1.807, 2.05) is 13.0 Å². The lowest BCUT2D eigenvalue weighted by molar-refractivity contribution is 0.263. The van der Waals surface area contributed by atoms with Gasteiger partial charge in [-0.3, -0.25) is 0 Å². The van der Waals surface area contributed by atoms with Crippen molar-refractivity contribution >= 4 is 11.6 Å². The van der Waals surface area contributed by atoms with E-state index in [1.54, 1.807) is 10.8 Å². The largest absolute Gasteiger partial charge is 0.367 e. The zero-order valence-corrected chi connectivity index (χ0v) is 10.8. The Bertz CT molecular complexity index is 540. The topological polar surface area (TPSA) is 58.4 Å². The van der Waals surface area contributed by atoms with E-state index in [0.29, 0.717) is 11.8 Å². The molecule has 6 nitrogen and oxygen atoms in total. The van der Waals surface area contributed by atoms with Crippen molar-refractivity contribution in [3.05, 3.63) is 18.1 Å². The molecule has 3 heterocycles. The summed E-state index contributed by atoms with van der Waals surface area (Å²) in [6.07, 6.45) is 3.86. The van der Waals surface area contributed by atoms with Crippen molar-refractivity contribution in [2.75, 3.05) is 25.5 Å². The van der Waals surface area contributed by atoms with E-state index in [0.717, 1.165) is 37.4 Å². The van der Waals surface area contributed by atoms with E-state index >= 15 is 0 Å². The highest BCUT2D eigenvalue weighted by molar-refractivity contribution is 5.45. The number of nitrogens with one attached hydrogen (secondary N) is 1. The highest BCUT2D eigenvalue weighted by atomic mass is 15.4. The first kappa shape index (κ1) is 11.4. The second-order valence-electron chi connectivity index (χ2n) is 4.98. The summed E-state index contributed by atoms with van der Waals surface area (Å²) in [6.45, 7) is 4.26. The molecule has 3 rings (SSSR count). The molecule has 1 aliphatic heterocycles. The zero-order chi connectivity index (χ0) is 12.5. The SMILES string of the molecule is Cc1cc(NC2CCN(C)CC2)n2ncnc2n1. The van der Waals surface area contributed by atoms with Crippen molar-refractivity contribution in [1.29, 1.82) is 0 Å². The van der Waals surface area contributed by atoms with Gasteiger partial charge in [0.25, 0.3) is 5.78 Å². The standard InChI is InChI=1S/C12H18N6/c1-9-7-11(18-12(15-9)13-8-14-18)16-10-3-5-17(2)6-4-10/h7-8,10,16H,3-6H2,1-2H3. The van der Waals surface area contributed by atoms with Crippen molar-refractivity contribution in [3.8, 4) is 0 Å². The monoisotopic (exact) mass is 246 g/mol. The Labute approximate surface area is 106 Å². The zero-order valence-electron chi connectivity index (χ0n) is 10.8. The third-order valence-corrected chi connectivity index (χ3v) is 3.45. The van der Waals surface area contributed by atoms with Crippen molar-refractivity contribution in [3.63, 3.8) is 0 Å². The van der Waals surface area contributed by atoms with Crippen LogP contribution in [0, 0.1) is 6.92 Å². The Morgan fingerprint density at radius 1 is 1.33 bits per heavy atom. The minimum Gasteiger partial charge on any atom is -0.367 e. The molecule has 0 unspecified atom stereocenters. The Hall–Kier alpha value is -1.69. The fourth-order valence-electron chi connectivity index (χ4n) is 2.40. The molecule has 0 saturated carbocycles. The molecule has 1 fully saturated rings. The van der Waals surface area contributed by atoms with Gasteiger partial charge in [-0.15, -0.1) is 0 Å². The van der Waals surface area contributed by atoms with Gasteiger partial charge in [0.2, 0.25) is 0 Å². The van der Waals surface area contributed by atoms with Crippen LogP contribution in [0.1, 0.15) is 18.5 Å². The van der Waals surface area contributed by atoms with Gasteiger partial charge < -0.3 is 10.2 Å². The van der Waals surface area contributed by atoms with Crippen LogP contribution in [0.4, 0.5) is 5.82 Å². The number of nitrogens with zero attached hydrogens (tertiary/aromatic N) is 5. The Morgan fingerprint density at radius 3 is 2.89 bits per heavy atom. The lowest BCUT2D eigenvalue weighted by atomic mass is 10.1. The van der Waals surface area contributed by atoms with E-state index in [4.69, 9.17) is 0 Å². The predicted octanol–water partition coefficient (Wildman–Crippen LogP) is 0.939. The van der Waals surface area contributed by atoms with Gasteiger partial charge in [0, 0.05) is 17.8 Å². The molecule has 96 valence electrons. The second-order valence-corrected chi connectivity index (χ2v) is 4.98. The van der Waals surface area contributed by atoms with Gasteiger partial charge in [0.05, 0.1) is 0 Å². The van der Waals surface area contributed by atoms with Crippen molar-refractivity contribution < 1.29 is 0 Å². The number of rotatable bonds is 2. The van der Waals surface area contributed by atoms with Gasteiger partial charge in [-0.2, -0.15) is 14.6 Å². The average Bonchev–Trinajstić information content (AvgIpc) is 2.80. The van der Waals surface area contributed by atoms with Gasteiger partial charge in [-0.05, 0) is 39.9 Å². The smallest absolute Gasteiger partial charge is 0.254 e. The number of hydrogen-bond donors (Lipinski definition) is 1. The van der Waals surface area contributed by atoms with Crippen LogP contribution in [0.3, 0.4) is 0 Å². The van der Waals surface area contributed by atoms with Crippen molar-refractivity contribution in [2.24, 2.45) is 0 Å². The summed E-state index contributed by atoms with van der Waals surface area (Å²) in [5.74, 6) is 1.65. The maximum absolute atomic E-state index is 4.34. The summed E-state index contributed by atoms with van der Waals surface area (Å²) in [7, 11) is 2.17. The maximum atomic E-state index is 4.34. The summed E-state index contributed by atoms with van der Waals surface area (Å²) in [5, 5.41) is 7.78. The quantitative estimate of drug-likeness (QED) is 0.854. The molecule has 0 aliphatic carbocycles. The van der Waals surface area contributed by atoms with Gasteiger partial charge in [0.1, 0.15) is 12.1 Å². The lowest BCUT2D eigenvalue weighted by Crippen LogP contribution is -2.37. The van der Waals surface area contributed by atoms with Gasteiger partial charge in [-0.1, -0.05) is 0 Å². The van der Waals surface area contributed by atoms with Crippen LogP contribution in [0.5, 0.6) is 0 Å². The fraction of sp³-hybridized carbons (Fsp3) is 0.583. The summed E-state index contributed by atoms with van der Waals surface area (Å²) in [4.78, 5) is 10.8. The molecular formula is C12H18N6. The number of hydrogen-bond acceptors (Lipinski definition) is 5. The lowest BCUT2D eigenvalue weighted by Gasteiger charge is -2.30. The van der Waals surface area contributed by atoms with Crippen LogP contribution in [0.15, 0.2) is 12.4 Å². The molecule has 0 amide bonds. The van der Waals surface area contributed by atoms with E-state index in [-0.39, 0.29) is 0 Å². The summed E-state index contributed by atoms with van der Waals surface area (Å²) in [6, 6.07) is 2.54. The van der Waals surface area contributed by atoms with Crippen LogP contribution in [-0.2, 0) is 0 Å². The van der Waals surface area contributed by atoms with Crippen molar-refractivity contribution in [1.82, 2.24) is 24.5 Å². The molecule has 6 heteroatoms. The predicted molar refractivity (Wildman–Crippen MR) is 69.7 cm³/mol. The van der Waals surface area contributed by atoms with Crippen LogP contribution in [0.2, 0.25) is 0 Å². The number of fused-ring (bicyclic) bond motifs is 1. The minimum absolute atomic E-state index is 0.510. The first-order valence-corrected chi connectivity index (χ1v) is 6.35. The molecular weight excluding hydrogens is 228 g/mol. The minimum atomic E-state index is 0.510. The molecule has 0 atom stereocenters. The third kappa shape index (κ3) is 2.15. The van der Waals surface area contributed by atoms with Crippen LogP contribution in [-0.4, -0.2) is 50.7 Å². The number of piperidine rings is 1. The molecule has 1 aliphatic rings. The molecule has 2 aromatic heterocycles. The summed E-state index contributed by atoms with van der Waals surface area (Å²) < 4.78 is 1.77. The van der Waals surface area contributed by atoms with Crippen LogP contribution >= 0.6 is 0 Å². The fourth-order valence-corrected chi connectivity index (χ4v) is 2.40. The molecule has 0 bridgehead atoms. The Morgan fingerprint density at radius 2 is 2.11 bits per heavy atom. The van der Waals surface area contributed by atoms with Gasteiger partial charge in [-0.25, -0.2) is 4.98 Å². The average molecular weight is 246 g/mol. The normalized spacial score (nSPS) is 18.3. The first-order chi connectivity index (χ1) is 8.72. The van der Waals surface area contributed by atoms with Crippen molar-refractivity contribution in [2.45, 2.75) is 25.8 Å². The summed E-state index contributed by atoms with van der Waals surface area (Å²) >= 11 is 0. The maximum Gasteiger partial charge on any atom is 0.254 e. The molecule has 0 spiro atoms. The molecule has 1 saturated heterocycles. The van der Waals surface area contributed by atoms with E-state index in [1.165, 1.54) is 0 Å². The Kier molecular flexibility index (Phi) is 2.87. The van der Waals surface area contributed by atoms with Gasteiger partial charge >= 0.3 is 0 Å². The van der Waals surface area contributed by atoms with E-state index in [9.17, 15) is 0 Å². The second kappa shape index (κ2) is 4.53.